The van der Waals surface area contributed by atoms with Gasteiger partial charge in [0.2, 0.25) is 0 Å². The number of fused-ring (bicyclic) bond motifs is 1. The van der Waals surface area contributed by atoms with Gasteiger partial charge in [-0.25, -0.2) is 0 Å². The summed E-state index contributed by atoms with van der Waals surface area (Å²) in [6, 6.07) is 10.1. The van der Waals surface area contributed by atoms with Gasteiger partial charge in [-0.3, -0.25) is 0 Å². The molecule has 1 aromatic rings. The molecule has 2 aliphatic heterocycles. The molecule has 2 fully saturated rings. The second-order valence-electron chi connectivity index (χ2n) is 6.38. The Bertz CT molecular complexity index is 491. The zero-order valence-corrected chi connectivity index (χ0v) is 14.8. The van der Waals surface area contributed by atoms with Gasteiger partial charge in [-0.1, -0.05) is 53.2 Å². The molecule has 4 nitrogen and oxygen atoms in total. The fourth-order valence-electron chi connectivity index (χ4n) is 3.09. The standard InChI is InChI=1S/C17H23BrO4/c1-11(18)14-16-15(21-17(2,3)22-16)13(20-14)10-19-9-12-7-5-4-6-8-12/h4-8,11,13-16H,9-10H2,1-3H3/t11?,13-,14?,15-,16+/m1/s1. The van der Waals surface area contributed by atoms with Crippen LogP contribution in [0, 0.1) is 0 Å². The van der Waals surface area contributed by atoms with Gasteiger partial charge in [0.15, 0.2) is 5.79 Å². The molecule has 2 heterocycles. The van der Waals surface area contributed by atoms with Gasteiger partial charge in [-0.05, 0) is 19.4 Å². The summed E-state index contributed by atoms with van der Waals surface area (Å²) in [4.78, 5) is 0.205. The Hall–Kier alpha value is -0.460. The Morgan fingerprint density at radius 2 is 1.86 bits per heavy atom. The molecule has 0 amide bonds. The third kappa shape index (κ3) is 3.54. The van der Waals surface area contributed by atoms with Crippen molar-refractivity contribution in [3.8, 4) is 0 Å². The van der Waals surface area contributed by atoms with E-state index in [2.05, 4.69) is 35.0 Å². The highest BCUT2D eigenvalue weighted by molar-refractivity contribution is 9.09. The topological polar surface area (TPSA) is 36.9 Å². The van der Waals surface area contributed by atoms with E-state index < -0.39 is 5.79 Å². The van der Waals surface area contributed by atoms with Crippen molar-refractivity contribution >= 4 is 15.9 Å². The summed E-state index contributed by atoms with van der Waals surface area (Å²) in [5, 5.41) is 0. The Kier molecular flexibility index (Phi) is 4.90. The van der Waals surface area contributed by atoms with E-state index >= 15 is 0 Å². The van der Waals surface area contributed by atoms with Gasteiger partial charge in [-0.2, -0.15) is 0 Å². The molecule has 3 rings (SSSR count). The highest BCUT2D eigenvalue weighted by Crippen LogP contribution is 2.40. The molecule has 0 N–H and O–H groups in total. The predicted octanol–water partition coefficient (Wildman–Crippen LogP) is 3.27. The lowest BCUT2D eigenvalue weighted by molar-refractivity contribution is -0.191. The van der Waals surface area contributed by atoms with Gasteiger partial charge in [0, 0.05) is 4.83 Å². The van der Waals surface area contributed by atoms with Crippen molar-refractivity contribution in [2.45, 2.75) is 62.4 Å². The van der Waals surface area contributed by atoms with Crippen molar-refractivity contribution in [3.05, 3.63) is 35.9 Å². The van der Waals surface area contributed by atoms with Crippen molar-refractivity contribution in [2.75, 3.05) is 6.61 Å². The molecule has 0 aromatic heterocycles. The van der Waals surface area contributed by atoms with Gasteiger partial charge in [-0.15, -0.1) is 0 Å². The van der Waals surface area contributed by atoms with E-state index in [1.807, 2.05) is 32.0 Å². The fourth-order valence-corrected chi connectivity index (χ4v) is 3.51. The second-order valence-corrected chi connectivity index (χ2v) is 7.83. The van der Waals surface area contributed by atoms with Crippen LogP contribution in [-0.4, -0.2) is 41.6 Å². The summed E-state index contributed by atoms with van der Waals surface area (Å²) in [6.45, 7) is 7.05. The predicted molar refractivity (Wildman–Crippen MR) is 87.0 cm³/mol. The van der Waals surface area contributed by atoms with Crippen LogP contribution in [0.15, 0.2) is 30.3 Å². The smallest absolute Gasteiger partial charge is 0.164 e. The number of hydrogen-bond donors (Lipinski definition) is 0. The minimum Gasteiger partial charge on any atom is -0.374 e. The van der Waals surface area contributed by atoms with Crippen LogP contribution in [0.5, 0.6) is 0 Å². The molecule has 0 bridgehead atoms. The molecule has 0 radical (unpaired) electrons. The molecule has 2 unspecified atom stereocenters. The van der Waals surface area contributed by atoms with E-state index in [-0.39, 0.29) is 29.2 Å². The van der Waals surface area contributed by atoms with Crippen LogP contribution in [0.25, 0.3) is 0 Å². The minimum absolute atomic E-state index is 0.0166. The molecular formula is C17H23BrO4. The Morgan fingerprint density at radius 3 is 2.55 bits per heavy atom. The lowest BCUT2D eigenvalue weighted by Crippen LogP contribution is -2.34. The molecule has 22 heavy (non-hydrogen) atoms. The molecule has 2 aliphatic rings. The van der Waals surface area contributed by atoms with E-state index in [0.717, 1.165) is 5.56 Å². The highest BCUT2D eigenvalue weighted by atomic mass is 79.9. The van der Waals surface area contributed by atoms with Crippen LogP contribution in [0.2, 0.25) is 0 Å². The lowest BCUT2D eigenvalue weighted by atomic mass is 10.1. The first-order valence-corrected chi connectivity index (χ1v) is 8.65. The summed E-state index contributed by atoms with van der Waals surface area (Å²) >= 11 is 3.61. The third-order valence-electron chi connectivity index (χ3n) is 4.03. The Morgan fingerprint density at radius 1 is 1.18 bits per heavy atom. The van der Waals surface area contributed by atoms with Crippen molar-refractivity contribution in [1.82, 2.24) is 0 Å². The Balaban J connectivity index is 1.59. The summed E-state index contributed by atoms with van der Waals surface area (Å²) in [5.41, 5.74) is 1.16. The maximum absolute atomic E-state index is 6.10. The zero-order valence-electron chi connectivity index (χ0n) is 13.2. The van der Waals surface area contributed by atoms with Crippen molar-refractivity contribution in [2.24, 2.45) is 0 Å². The average molecular weight is 371 g/mol. The number of benzene rings is 1. The van der Waals surface area contributed by atoms with Gasteiger partial charge < -0.3 is 18.9 Å². The van der Waals surface area contributed by atoms with Gasteiger partial charge >= 0.3 is 0 Å². The lowest BCUT2D eigenvalue weighted by Gasteiger charge is -2.25. The zero-order chi connectivity index (χ0) is 15.7. The van der Waals surface area contributed by atoms with E-state index in [0.29, 0.717) is 13.2 Å². The summed E-state index contributed by atoms with van der Waals surface area (Å²) in [7, 11) is 0. The normalized spacial score (nSPS) is 34.5. The monoisotopic (exact) mass is 370 g/mol. The maximum atomic E-state index is 6.10. The van der Waals surface area contributed by atoms with Crippen molar-refractivity contribution in [3.63, 3.8) is 0 Å². The van der Waals surface area contributed by atoms with Crippen LogP contribution in [0.1, 0.15) is 26.3 Å². The highest BCUT2D eigenvalue weighted by Gasteiger charge is 2.55. The minimum atomic E-state index is -0.559. The largest absolute Gasteiger partial charge is 0.374 e. The molecule has 1 aromatic carbocycles. The first-order valence-electron chi connectivity index (χ1n) is 7.73. The van der Waals surface area contributed by atoms with Crippen molar-refractivity contribution in [1.29, 1.82) is 0 Å². The quantitative estimate of drug-likeness (QED) is 0.745. The number of halogens is 1. The van der Waals surface area contributed by atoms with Crippen LogP contribution in [0.4, 0.5) is 0 Å². The SMILES string of the molecule is CC(Br)C1O[C@H](COCc2ccccc2)[C@H]2OC(C)(C)O[C@@H]12. The van der Waals surface area contributed by atoms with Crippen molar-refractivity contribution < 1.29 is 18.9 Å². The average Bonchev–Trinajstić information content (AvgIpc) is 2.94. The number of hydrogen-bond acceptors (Lipinski definition) is 4. The van der Waals surface area contributed by atoms with Gasteiger partial charge in [0.25, 0.3) is 0 Å². The maximum Gasteiger partial charge on any atom is 0.164 e. The van der Waals surface area contributed by atoms with E-state index in [9.17, 15) is 0 Å². The molecule has 122 valence electrons. The molecule has 5 heteroatoms. The second kappa shape index (κ2) is 6.57. The molecule has 0 saturated carbocycles. The number of rotatable bonds is 5. The first-order chi connectivity index (χ1) is 10.5. The summed E-state index contributed by atoms with van der Waals surface area (Å²) in [5.74, 6) is -0.559. The van der Waals surface area contributed by atoms with Crippen LogP contribution in [0.3, 0.4) is 0 Å². The van der Waals surface area contributed by atoms with Gasteiger partial charge in [0.1, 0.15) is 18.3 Å². The Labute approximate surface area is 140 Å². The summed E-state index contributed by atoms with van der Waals surface area (Å²) < 4.78 is 24.0. The van der Waals surface area contributed by atoms with Crippen LogP contribution in [-0.2, 0) is 25.6 Å². The van der Waals surface area contributed by atoms with E-state index in [1.165, 1.54) is 0 Å². The molecule has 5 atom stereocenters. The fraction of sp³-hybridized carbons (Fsp3) is 0.647. The first kappa shape index (κ1) is 16.4. The van der Waals surface area contributed by atoms with E-state index in [4.69, 9.17) is 18.9 Å². The van der Waals surface area contributed by atoms with Crippen LogP contribution < -0.4 is 0 Å². The number of alkyl halides is 1. The third-order valence-corrected chi connectivity index (χ3v) is 4.55. The van der Waals surface area contributed by atoms with E-state index in [1.54, 1.807) is 0 Å². The molecule has 2 saturated heterocycles. The molecular weight excluding hydrogens is 348 g/mol. The van der Waals surface area contributed by atoms with Crippen LogP contribution >= 0.6 is 15.9 Å². The van der Waals surface area contributed by atoms with Gasteiger partial charge in [0.05, 0.1) is 19.3 Å². The summed E-state index contributed by atoms with van der Waals surface area (Å²) in [6.07, 6.45) is -0.233. The molecule has 0 aliphatic carbocycles. The molecule has 0 spiro atoms. The number of ether oxygens (including phenoxy) is 4.